The Morgan fingerprint density at radius 1 is 1.64 bits per heavy atom. The van der Waals surface area contributed by atoms with Gasteiger partial charge in [0.05, 0.1) is 0 Å². The Morgan fingerprint density at radius 2 is 2.45 bits per heavy atom. The lowest BCUT2D eigenvalue weighted by molar-refractivity contribution is 0.435. The van der Waals surface area contributed by atoms with Crippen molar-refractivity contribution >= 4 is 38.7 Å². The first-order chi connectivity index (χ1) is 5.27. The lowest BCUT2D eigenvalue weighted by atomic mass is 10.3. The molecule has 2 rings (SSSR count). The second kappa shape index (κ2) is 2.40. The molecule has 0 saturated heterocycles. The summed E-state index contributed by atoms with van der Waals surface area (Å²) in [7, 11) is 0. The van der Waals surface area contributed by atoms with E-state index in [1.54, 1.807) is 0 Å². The van der Waals surface area contributed by atoms with E-state index in [2.05, 4.69) is 8.30 Å². The Bertz CT molecular complexity index is 353. The van der Waals surface area contributed by atoms with Crippen LogP contribution in [-0.2, 0) is 0 Å². The molecule has 0 atom stereocenters. The molecule has 0 aliphatic carbocycles. The summed E-state index contributed by atoms with van der Waals surface area (Å²) in [5.74, 6) is 0.337. The maximum Gasteiger partial charge on any atom is 0.249 e. The Morgan fingerprint density at radius 3 is 3.27 bits per heavy atom. The fraction of sp³-hybridized carbons (Fsp3) is 0.167. The van der Waals surface area contributed by atoms with E-state index in [9.17, 15) is 0 Å². The summed E-state index contributed by atoms with van der Waals surface area (Å²) >= 11 is -0.222. The van der Waals surface area contributed by atoms with E-state index in [-0.39, 0.29) is 21.0 Å². The summed E-state index contributed by atoms with van der Waals surface area (Å²) in [4.78, 5) is 0. The SMILES string of the molecule is CC1=Cc2noc(N)c2N=I1. The number of allylic oxidation sites excluding steroid dienone is 1. The van der Waals surface area contributed by atoms with E-state index in [1.165, 1.54) is 3.58 Å². The van der Waals surface area contributed by atoms with Crippen molar-refractivity contribution in [1.29, 1.82) is 0 Å². The van der Waals surface area contributed by atoms with Gasteiger partial charge in [0.25, 0.3) is 0 Å². The van der Waals surface area contributed by atoms with Gasteiger partial charge in [-0.05, 0) is 13.0 Å². The molecular weight excluding hydrogens is 257 g/mol. The molecule has 1 aromatic heterocycles. The van der Waals surface area contributed by atoms with Gasteiger partial charge in [-0.2, -0.15) is 0 Å². The van der Waals surface area contributed by atoms with Gasteiger partial charge in [-0.25, -0.2) is 3.15 Å². The van der Waals surface area contributed by atoms with Gasteiger partial charge < -0.3 is 10.3 Å². The highest BCUT2D eigenvalue weighted by Crippen LogP contribution is 2.38. The van der Waals surface area contributed by atoms with Crippen molar-refractivity contribution in [3.8, 4) is 0 Å². The van der Waals surface area contributed by atoms with Crippen LogP contribution in [0.2, 0.25) is 0 Å². The monoisotopic (exact) mass is 263 g/mol. The maximum atomic E-state index is 5.47. The molecule has 5 heteroatoms. The molecule has 4 nitrogen and oxygen atoms in total. The minimum atomic E-state index is -0.222. The minimum Gasteiger partial charge on any atom is -0.366 e. The van der Waals surface area contributed by atoms with Crippen LogP contribution >= 0.6 is 21.0 Å². The molecule has 58 valence electrons. The van der Waals surface area contributed by atoms with Crippen LogP contribution in [0.4, 0.5) is 11.6 Å². The van der Waals surface area contributed by atoms with Gasteiger partial charge in [0.2, 0.25) is 5.88 Å². The van der Waals surface area contributed by atoms with Crippen molar-refractivity contribution in [3.05, 3.63) is 9.27 Å². The predicted molar refractivity (Wildman–Crippen MR) is 50.7 cm³/mol. The lowest BCUT2D eigenvalue weighted by Crippen LogP contribution is -1.80. The summed E-state index contributed by atoms with van der Waals surface area (Å²) in [5.41, 5.74) is 6.98. The minimum absolute atomic E-state index is 0.222. The van der Waals surface area contributed by atoms with E-state index in [4.69, 9.17) is 10.3 Å². The molecule has 0 aromatic carbocycles. The number of nitrogen functional groups attached to an aromatic ring is 1. The van der Waals surface area contributed by atoms with Crippen LogP contribution in [0.25, 0.3) is 6.08 Å². The van der Waals surface area contributed by atoms with E-state index in [0.29, 0.717) is 5.88 Å². The molecule has 0 unspecified atom stereocenters. The van der Waals surface area contributed by atoms with Crippen LogP contribution in [0.3, 0.4) is 0 Å². The predicted octanol–water partition coefficient (Wildman–Crippen LogP) is 2.42. The highest BCUT2D eigenvalue weighted by atomic mass is 127. The zero-order valence-electron chi connectivity index (χ0n) is 5.84. The fourth-order valence-corrected chi connectivity index (χ4v) is 2.35. The Hall–Kier alpha value is -0.720. The van der Waals surface area contributed by atoms with Crippen molar-refractivity contribution in [2.24, 2.45) is 3.15 Å². The van der Waals surface area contributed by atoms with Crippen LogP contribution in [0.1, 0.15) is 12.6 Å². The number of anilines is 1. The molecule has 11 heavy (non-hydrogen) atoms. The molecule has 0 saturated carbocycles. The average molecular weight is 263 g/mol. The van der Waals surface area contributed by atoms with Crippen LogP contribution in [0.5, 0.6) is 0 Å². The van der Waals surface area contributed by atoms with Gasteiger partial charge in [-0.3, -0.25) is 0 Å². The molecule has 0 bridgehead atoms. The topological polar surface area (TPSA) is 64.4 Å². The first-order valence-corrected chi connectivity index (χ1v) is 5.10. The molecule has 2 N–H and O–H groups in total. The van der Waals surface area contributed by atoms with E-state index < -0.39 is 0 Å². The summed E-state index contributed by atoms with van der Waals surface area (Å²) < 4.78 is 10.3. The third kappa shape index (κ3) is 1.09. The Kier molecular flexibility index (Phi) is 1.52. The number of nitrogens with two attached hydrogens (primary N) is 1. The van der Waals surface area contributed by atoms with E-state index in [0.717, 1.165) is 11.4 Å². The molecule has 0 radical (unpaired) electrons. The van der Waals surface area contributed by atoms with Gasteiger partial charge in [-0.1, -0.05) is 5.16 Å². The van der Waals surface area contributed by atoms with Crippen molar-refractivity contribution in [2.45, 2.75) is 6.92 Å². The summed E-state index contributed by atoms with van der Waals surface area (Å²) in [5, 5.41) is 3.75. The normalized spacial score (nSPS) is 15.2. The molecule has 0 spiro atoms. The smallest absolute Gasteiger partial charge is 0.249 e. The molecular formula is C6H6IN3O. The second-order valence-electron chi connectivity index (χ2n) is 2.18. The van der Waals surface area contributed by atoms with Crippen molar-refractivity contribution in [3.63, 3.8) is 0 Å². The highest BCUT2D eigenvalue weighted by Gasteiger charge is 2.13. The highest BCUT2D eigenvalue weighted by molar-refractivity contribution is 14.2. The second-order valence-corrected chi connectivity index (χ2v) is 4.85. The zero-order valence-corrected chi connectivity index (χ0v) is 7.99. The van der Waals surface area contributed by atoms with E-state index in [1.807, 2.05) is 13.0 Å². The average Bonchev–Trinajstić information content (AvgIpc) is 2.32. The van der Waals surface area contributed by atoms with Crippen molar-refractivity contribution < 1.29 is 4.52 Å². The standard InChI is InChI=1S/C6H6IN3O/c1-3-2-4-5(9-7-3)6(8)11-10-4/h2H,8H2,1H3. The van der Waals surface area contributed by atoms with Crippen molar-refractivity contribution in [1.82, 2.24) is 5.16 Å². The summed E-state index contributed by atoms with van der Waals surface area (Å²) in [6.45, 7) is 2.05. The first kappa shape index (κ1) is 6.96. The number of halogens is 1. The van der Waals surface area contributed by atoms with Gasteiger partial charge in [0.15, 0.2) is 5.69 Å². The first-order valence-electron chi connectivity index (χ1n) is 3.06. The largest absolute Gasteiger partial charge is 0.366 e. The van der Waals surface area contributed by atoms with Crippen LogP contribution in [-0.4, -0.2) is 5.16 Å². The Balaban J connectivity index is 2.64. The molecule has 0 amide bonds. The number of hydrogen-bond donors (Lipinski definition) is 1. The number of rotatable bonds is 0. The van der Waals surface area contributed by atoms with Gasteiger partial charge >= 0.3 is 0 Å². The molecule has 0 fully saturated rings. The van der Waals surface area contributed by atoms with Gasteiger partial charge in [0, 0.05) is 24.6 Å². The number of aromatic nitrogens is 1. The quantitative estimate of drug-likeness (QED) is 0.731. The number of nitrogens with zero attached hydrogens (tertiary/aromatic N) is 2. The molecule has 1 aliphatic heterocycles. The third-order valence-electron chi connectivity index (χ3n) is 1.31. The summed E-state index contributed by atoms with van der Waals surface area (Å²) in [6, 6.07) is 0. The van der Waals surface area contributed by atoms with Crippen LogP contribution < -0.4 is 5.73 Å². The molecule has 1 aromatic rings. The van der Waals surface area contributed by atoms with Gasteiger partial charge in [-0.15, -0.1) is 0 Å². The van der Waals surface area contributed by atoms with Crippen LogP contribution in [0.15, 0.2) is 11.2 Å². The third-order valence-corrected chi connectivity index (χ3v) is 3.11. The summed E-state index contributed by atoms with van der Waals surface area (Å²) in [6.07, 6.45) is 1.98. The van der Waals surface area contributed by atoms with Gasteiger partial charge in [0.1, 0.15) is 5.69 Å². The Labute approximate surface area is 73.6 Å². The lowest BCUT2D eigenvalue weighted by Gasteiger charge is -1.96. The number of fused-ring (bicyclic) bond motifs is 1. The molecule has 1 aliphatic rings. The maximum absolute atomic E-state index is 5.47. The zero-order chi connectivity index (χ0) is 7.84. The van der Waals surface area contributed by atoms with Crippen molar-refractivity contribution in [2.75, 3.05) is 5.73 Å². The fourth-order valence-electron chi connectivity index (χ4n) is 0.812. The molecule has 2 heterocycles. The van der Waals surface area contributed by atoms with Crippen LogP contribution in [0, 0.1) is 0 Å². The van der Waals surface area contributed by atoms with E-state index >= 15 is 0 Å². The number of hydrogen-bond acceptors (Lipinski definition) is 4.